The van der Waals surface area contributed by atoms with E-state index in [1.807, 2.05) is 18.3 Å². The maximum Gasteiger partial charge on any atom is 0.160 e. The van der Waals surface area contributed by atoms with Crippen molar-refractivity contribution in [2.45, 2.75) is 5.41 Å². The van der Waals surface area contributed by atoms with Gasteiger partial charge in [-0.05, 0) is 91.0 Å². The summed E-state index contributed by atoms with van der Waals surface area (Å²) in [5.74, 6) is 0.690. The van der Waals surface area contributed by atoms with Crippen LogP contribution >= 0.6 is 0 Å². The fourth-order valence-electron chi connectivity index (χ4n) is 8.96. The average molecular weight is 700 g/mol. The molecule has 0 aliphatic heterocycles. The van der Waals surface area contributed by atoms with Crippen molar-refractivity contribution in [3.63, 3.8) is 0 Å². The first-order valence-corrected chi connectivity index (χ1v) is 18.8. The summed E-state index contributed by atoms with van der Waals surface area (Å²) < 4.78 is 0. The summed E-state index contributed by atoms with van der Waals surface area (Å²) in [5, 5.41) is 0. The maximum absolute atomic E-state index is 5.21. The predicted octanol–water partition coefficient (Wildman–Crippen LogP) is 12.6. The van der Waals surface area contributed by atoms with Crippen LogP contribution in [0.5, 0.6) is 0 Å². The molecule has 0 saturated heterocycles. The first-order valence-electron chi connectivity index (χ1n) is 18.8. The lowest BCUT2D eigenvalue weighted by Gasteiger charge is -2.30. The van der Waals surface area contributed by atoms with Crippen molar-refractivity contribution in [2.24, 2.45) is 0 Å². The molecule has 256 valence electrons. The predicted molar refractivity (Wildman–Crippen MR) is 223 cm³/mol. The van der Waals surface area contributed by atoms with Gasteiger partial charge >= 0.3 is 0 Å². The van der Waals surface area contributed by atoms with Gasteiger partial charge in [0.1, 0.15) is 0 Å². The van der Waals surface area contributed by atoms with Crippen LogP contribution in [0.4, 0.5) is 0 Å². The van der Waals surface area contributed by atoms with Crippen LogP contribution < -0.4 is 0 Å². The van der Waals surface area contributed by atoms with Crippen LogP contribution in [0.3, 0.4) is 0 Å². The lowest BCUT2D eigenvalue weighted by Crippen LogP contribution is -2.25. The lowest BCUT2D eigenvalue weighted by atomic mass is 9.70. The summed E-state index contributed by atoms with van der Waals surface area (Å²) in [6.45, 7) is 0. The van der Waals surface area contributed by atoms with Gasteiger partial charge < -0.3 is 0 Å². The van der Waals surface area contributed by atoms with Gasteiger partial charge in [0.25, 0.3) is 0 Å². The van der Waals surface area contributed by atoms with Crippen molar-refractivity contribution in [2.75, 3.05) is 0 Å². The fourth-order valence-corrected chi connectivity index (χ4v) is 8.96. The zero-order valence-corrected chi connectivity index (χ0v) is 29.9. The molecule has 0 radical (unpaired) electrons. The lowest BCUT2D eigenvalue weighted by molar-refractivity contribution is 0.794. The molecule has 2 aliphatic rings. The molecule has 2 aromatic heterocycles. The number of pyridine rings is 1. The normalized spacial score (nSPS) is 12.9. The van der Waals surface area contributed by atoms with E-state index in [1.165, 1.54) is 50.1 Å². The Balaban J connectivity index is 1.05. The molecule has 3 nitrogen and oxygen atoms in total. The van der Waals surface area contributed by atoms with E-state index in [9.17, 15) is 0 Å². The highest BCUT2D eigenvalue weighted by atomic mass is 14.9. The zero-order valence-electron chi connectivity index (χ0n) is 29.9. The van der Waals surface area contributed by atoms with Crippen molar-refractivity contribution >= 4 is 0 Å². The van der Waals surface area contributed by atoms with Gasteiger partial charge in [0.15, 0.2) is 5.82 Å². The standard InChI is InChI=1S/C52H33N3/c1-2-12-35(13-3-1)49-32-50(55-51(54-49)36-25-23-34(24-26-36)40-16-11-29-53-33-40)39-15-10-14-37(30-39)38-27-28-44-43-19-6-9-22-47(43)52(48(44)31-38)45-20-7-4-17-41(45)42-18-5-8-21-46(42)52/h1-33H. The van der Waals surface area contributed by atoms with E-state index in [4.69, 9.17) is 9.97 Å². The second-order valence-electron chi connectivity index (χ2n) is 14.4. The van der Waals surface area contributed by atoms with Crippen molar-refractivity contribution in [1.82, 2.24) is 15.0 Å². The molecule has 0 atom stereocenters. The molecule has 0 fully saturated rings. The van der Waals surface area contributed by atoms with E-state index in [0.29, 0.717) is 5.82 Å². The zero-order chi connectivity index (χ0) is 36.3. The Hall–Kier alpha value is -7.23. The van der Waals surface area contributed by atoms with Crippen molar-refractivity contribution < 1.29 is 0 Å². The van der Waals surface area contributed by atoms with Gasteiger partial charge in [-0.3, -0.25) is 4.98 Å². The highest BCUT2D eigenvalue weighted by Crippen LogP contribution is 2.63. The average Bonchev–Trinajstić information content (AvgIpc) is 3.74. The van der Waals surface area contributed by atoms with Crippen LogP contribution in [0.15, 0.2) is 200 Å². The summed E-state index contributed by atoms with van der Waals surface area (Å²) >= 11 is 0. The summed E-state index contributed by atoms with van der Waals surface area (Å²) in [6.07, 6.45) is 3.68. The number of fused-ring (bicyclic) bond motifs is 10. The quantitative estimate of drug-likeness (QED) is 0.179. The summed E-state index contributed by atoms with van der Waals surface area (Å²) in [7, 11) is 0. The third-order valence-corrected chi connectivity index (χ3v) is 11.4. The molecule has 55 heavy (non-hydrogen) atoms. The third kappa shape index (κ3) is 4.87. The largest absolute Gasteiger partial charge is 0.264 e. The van der Waals surface area contributed by atoms with E-state index in [2.05, 4.69) is 181 Å². The first-order chi connectivity index (χ1) is 27.3. The summed E-state index contributed by atoms with van der Waals surface area (Å²) in [4.78, 5) is 14.6. The fraction of sp³-hybridized carbons (Fsp3) is 0.0192. The van der Waals surface area contributed by atoms with Crippen LogP contribution in [0.1, 0.15) is 22.3 Å². The second-order valence-corrected chi connectivity index (χ2v) is 14.4. The molecule has 3 heteroatoms. The molecule has 1 spiro atoms. The molecular weight excluding hydrogens is 667 g/mol. The Kier molecular flexibility index (Phi) is 7.08. The van der Waals surface area contributed by atoms with E-state index in [1.54, 1.807) is 6.20 Å². The molecule has 2 aliphatic carbocycles. The SMILES string of the molecule is c1ccc(-c2cc(-c3cccc(-c4ccc5c(c4)C4(c6ccccc6-c6ccccc64)c4ccccc4-5)c3)nc(-c3ccc(-c4cccnc4)cc3)n2)cc1. The minimum atomic E-state index is -0.383. The van der Waals surface area contributed by atoms with Gasteiger partial charge in [-0.25, -0.2) is 9.97 Å². The number of nitrogens with zero attached hydrogens (tertiary/aromatic N) is 3. The number of rotatable bonds is 5. The molecule has 0 unspecified atom stereocenters. The Bertz CT molecular complexity index is 2850. The maximum atomic E-state index is 5.21. The van der Waals surface area contributed by atoms with E-state index < -0.39 is 0 Å². The highest BCUT2D eigenvalue weighted by Gasteiger charge is 2.51. The molecule has 0 bridgehead atoms. The van der Waals surface area contributed by atoms with E-state index in [-0.39, 0.29) is 5.41 Å². The summed E-state index contributed by atoms with van der Waals surface area (Å²) in [5.41, 5.74) is 19.6. The third-order valence-electron chi connectivity index (χ3n) is 11.4. The van der Waals surface area contributed by atoms with Crippen LogP contribution in [0.2, 0.25) is 0 Å². The van der Waals surface area contributed by atoms with E-state index >= 15 is 0 Å². The molecule has 2 heterocycles. The molecular formula is C52H33N3. The van der Waals surface area contributed by atoms with Crippen molar-refractivity contribution in [3.05, 3.63) is 223 Å². The first kappa shape index (κ1) is 31.3. The van der Waals surface area contributed by atoms with Gasteiger partial charge in [0.2, 0.25) is 0 Å². The van der Waals surface area contributed by atoms with Gasteiger partial charge in [0.05, 0.1) is 16.8 Å². The second kappa shape index (κ2) is 12.4. The van der Waals surface area contributed by atoms with Crippen LogP contribution in [0, 0.1) is 0 Å². The van der Waals surface area contributed by atoms with Crippen LogP contribution in [-0.2, 0) is 5.41 Å². The molecule has 9 aromatic rings. The van der Waals surface area contributed by atoms with Gasteiger partial charge in [-0.2, -0.15) is 0 Å². The molecule has 0 saturated carbocycles. The van der Waals surface area contributed by atoms with Crippen molar-refractivity contribution in [1.29, 1.82) is 0 Å². The Morgan fingerprint density at radius 3 is 1.47 bits per heavy atom. The van der Waals surface area contributed by atoms with Gasteiger partial charge in [-0.1, -0.05) is 164 Å². The number of aromatic nitrogens is 3. The molecule has 0 N–H and O–H groups in total. The molecule has 0 amide bonds. The summed E-state index contributed by atoms with van der Waals surface area (Å²) in [6, 6.07) is 67.7. The Morgan fingerprint density at radius 1 is 0.309 bits per heavy atom. The number of hydrogen-bond donors (Lipinski definition) is 0. The van der Waals surface area contributed by atoms with Crippen molar-refractivity contribution in [3.8, 4) is 78.4 Å². The Labute approximate surface area is 320 Å². The topological polar surface area (TPSA) is 38.7 Å². The van der Waals surface area contributed by atoms with E-state index in [0.717, 1.165) is 44.8 Å². The molecule has 7 aromatic carbocycles. The number of hydrogen-bond acceptors (Lipinski definition) is 3. The van der Waals surface area contributed by atoms with Crippen LogP contribution in [0.25, 0.3) is 78.4 Å². The minimum absolute atomic E-state index is 0.383. The molecule has 11 rings (SSSR count). The van der Waals surface area contributed by atoms with Gasteiger partial charge in [0, 0.05) is 29.1 Å². The Morgan fingerprint density at radius 2 is 0.818 bits per heavy atom. The van der Waals surface area contributed by atoms with Crippen LogP contribution in [-0.4, -0.2) is 15.0 Å². The smallest absolute Gasteiger partial charge is 0.160 e. The minimum Gasteiger partial charge on any atom is -0.264 e. The van der Waals surface area contributed by atoms with Gasteiger partial charge in [-0.15, -0.1) is 0 Å². The monoisotopic (exact) mass is 699 g/mol. The highest BCUT2D eigenvalue weighted by molar-refractivity contribution is 5.96. The number of benzene rings is 7.